The number of nitrogens with one attached hydrogen (secondary N) is 1. The molecule has 1 aromatic carbocycles. The highest BCUT2D eigenvalue weighted by atomic mass is 19.1. The van der Waals surface area contributed by atoms with E-state index in [1.165, 1.54) is 0 Å². The van der Waals surface area contributed by atoms with E-state index in [9.17, 15) is 8.78 Å². The first kappa shape index (κ1) is 10.1. The summed E-state index contributed by atoms with van der Waals surface area (Å²) in [7, 11) is 1.57. The van der Waals surface area contributed by atoms with Gasteiger partial charge in [-0.1, -0.05) is 0 Å². The van der Waals surface area contributed by atoms with E-state index in [1.54, 1.807) is 7.05 Å². The van der Waals surface area contributed by atoms with Crippen LogP contribution in [0.4, 0.5) is 8.78 Å². The second-order valence-corrected chi connectivity index (χ2v) is 2.69. The Kier molecular flexibility index (Phi) is 3.33. The van der Waals surface area contributed by atoms with Gasteiger partial charge in [0.1, 0.15) is 11.6 Å². The predicted molar refractivity (Wildman–Crippen MR) is 45.2 cm³/mol. The van der Waals surface area contributed by atoms with Gasteiger partial charge in [-0.15, -0.1) is 0 Å². The highest BCUT2D eigenvalue weighted by Gasteiger charge is 2.13. The lowest BCUT2D eigenvalue weighted by atomic mass is 10.1. The SMILES string of the molecule is CN[C@@H](CO)c1cc(F)ccc1F. The van der Waals surface area contributed by atoms with Crippen molar-refractivity contribution >= 4 is 0 Å². The summed E-state index contributed by atoms with van der Waals surface area (Å²) < 4.78 is 25.8. The first-order chi connectivity index (χ1) is 6.19. The van der Waals surface area contributed by atoms with E-state index in [2.05, 4.69) is 5.32 Å². The minimum atomic E-state index is -0.560. The monoisotopic (exact) mass is 187 g/mol. The molecule has 0 aliphatic rings. The molecule has 0 spiro atoms. The van der Waals surface area contributed by atoms with Crippen LogP contribution in [0.3, 0.4) is 0 Å². The van der Waals surface area contributed by atoms with Gasteiger partial charge in [-0.25, -0.2) is 8.78 Å². The van der Waals surface area contributed by atoms with E-state index in [-0.39, 0.29) is 12.2 Å². The molecular formula is C9H11F2NO. The fourth-order valence-corrected chi connectivity index (χ4v) is 1.13. The molecule has 0 aromatic heterocycles. The lowest BCUT2D eigenvalue weighted by Crippen LogP contribution is -2.21. The minimum Gasteiger partial charge on any atom is -0.394 e. The number of halogens is 2. The molecule has 0 radical (unpaired) electrons. The van der Waals surface area contributed by atoms with Crippen LogP contribution in [0.5, 0.6) is 0 Å². The van der Waals surface area contributed by atoms with Crippen molar-refractivity contribution in [1.82, 2.24) is 5.32 Å². The van der Waals surface area contributed by atoms with Gasteiger partial charge in [-0.3, -0.25) is 0 Å². The summed E-state index contributed by atoms with van der Waals surface area (Å²) in [6.07, 6.45) is 0. The molecule has 2 N–H and O–H groups in total. The average molecular weight is 187 g/mol. The Morgan fingerprint density at radius 1 is 1.46 bits per heavy atom. The molecule has 0 heterocycles. The number of aliphatic hydroxyl groups is 1. The van der Waals surface area contributed by atoms with Crippen molar-refractivity contribution in [2.45, 2.75) is 6.04 Å². The third-order valence-electron chi connectivity index (χ3n) is 1.86. The summed E-state index contributed by atoms with van der Waals surface area (Å²) in [5, 5.41) is 11.5. The molecule has 1 atom stereocenters. The predicted octanol–water partition coefficient (Wildman–Crippen LogP) is 1.22. The molecule has 4 heteroatoms. The van der Waals surface area contributed by atoms with E-state index < -0.39 is 17.7 Å². The first-order valence-electron chi connectivity index (χ1n) is 3.92. The average Bonchev–Trinajstić information content (AvgIpc) is 2.13. The highest BCUT2D eigenvalue weighted by Crippen LogP contribution is 2.17. The number of hydrogen-bond donors (Lipinski definition) is 2. The Morgan fingerprint density at radius 3 is 2.69 bits per heavy atom. The van der Waals surface area contributed by atoms with Crippen LogP contribution in [0.15, 0.2) is 18.2 Å². The summed E-state index contributed by atoms with van der Waals surface area (Å²) in [6.45, 7) is -0.267. The fraction of sp³-hybridized carbons (Fsp3) is 0.333. The van der Waals surface area contributed by atoms with Crippen molar-refractivity contribution in [3.8, 4) is 0 Å². The normalized spacial score (nSPS) is 12.9. The van der Waals surface area contributed by atoms with Crippen LogP contribution in [0.1, 0.15) is 11.6 Å². The summed E-state index contributed by atoms with van der Waals surface area (Å²) in [5.41, 5.74) is 0.144. The highest BCUT2D eigenvalue weighted by molar-refractivity contribution is 5.22. The zero-order valence-electron chi connectivity index (χ0n) is 7.22. The fourth-order valence-electron chi connectivity index (χ4n) is 1.13. The zero-order chi connectivity index (χ0) is 9.84. The van der Waals surface area contributed by atoms with Gasteiger partial charge in [0.25, 0.3) is 0 Å². The standard InChI is InChI=1S/C9H11F2NO/c1-12-9(5-13)7-4-6(10)2-3-8(7)11/h2-4,9,12-13H,5H2,1H3/t9-/m0/s1. The van der Waals surface area contributed by atoms with Crippen LogP contribution in [-0.2, 0) is 0 Å². The Balaban J connectivity index is 3.03. The molecule has 0 saturated carbocycles. The summed E-state index contributed by atoms with van der Waals surface area (Å²) >= 11 is 0. The van der Waals surface area contributed by atoms with Crippen LogP contribution in [0, 0.1) is 11.6 Å². The van der Waals surface area contributed by atoms with Crippen molar-refractivity contribution in [2.24, 2.45) is 0 Å². The lowest BCUT2D eigenvalue weighted by molar-refractivity contribution is 0.247. The maximum Gasteiger partial charge on any atom is 0.128 e. The van der Waals surface area contributed by atoms with Gasteiger partial charge in [0.05, 0.1) is 12.6 Å². The van der Waals surface area contributed by atoms with Gasteiger partial charge < -0.3 is 10.4 Å². The van der Waals surface area contributed by atoms with Gasteiger partial charge in [0.15, 0.2) is 0 Å². The Morgan fingerprint density at radius 2 is 2.15 bits per heavy atom. The Bertz CT molecular complexity index is 287. The topological polar surface area (TPSA) is 32.3 Å². The largest absolute Gasteiger partial charge is 0.394 e. The molecule has 0 unspecified atom stereocenters. The third kappa shape index (κ3) is 2.23. The van der Waals surface area contributed by atoms with Crippen molar-refractivity contribution in [3.05, 3.63) is 35.4 Å². The molecule has 2 nitrogen and oxygen atoms in total. The minimum absolute atomic E-state index is 0.144. The van der Waals surface area contributed by atoms with Crippen LogP contribution < -0.4 is 5.32 Å². The van der Waals surface area contributed by atoms with Gasteiger partial charge in [-0.05, 0) is 25.2 Å². The zero-order valence-corrected chi connectivity index (χ0v) is 7.22. The van der Waals surface area contributed by atoms with Crippen molar-refractivity contribution in [3.63, 3.8) is 0 Å². The second-order valence-electron chi connectivity index (χ2n) is 2.69. The molecule has 0 aliphatic carbocycles. The van der Waals surface area contributed by atoms with Crippen molar-refractivity contribution in [1.29, 1.82) is 0 Å². The maximum atomic E-state index is 13.1. The molecule has 0 bridgehead atoms. The number of likely N-dealkylation sites (N-methyl/N-ethyl adjacent to an activating group) is 1. The number of hydrogen-bond acceptors (Lipinski definition) is 2. The third-order valence-corrected chi connectivity index (χ3v) is 1.86. The van der Waals surface area contributed by atoms with Gasteiger partial charge in [0.2, 0.25) is 0 Å². The van der Waals surface area contributed by atoms with E-state index in [0.29, 0.717) is 0 Å². The summed E-state index contributed by atoms with van der Waals surface area (Å²) in [5.74, 6) is -1.03. The lowest BCUT2D eigenvalue weighted by Gasteiger charge is -2.13. The molecule has 72 valence electrons. The van der Waals surface area contributed by atoms with Crippen LogP contribution in [0.25, 0.3) is 0 Å². The molecule has 0 aliphatic heterocycles. The Labute approximate surface area is 75.2 Å². The van der Waals surface area contributed by atoms with Crippen molar-refractivity contribution in [2.75, 3.05) is 13.7 Å². The molecule has 13 heavy (non-hydrogen) atoms. The summed E-state index contributed by atoms with van der Waals surface area (Å²) in [6, 6.07) is 2.61. The van der Waals surface area contributed by atoms with E-state index in [4.69, 9.17) is 5.11 Å². The summed E-state index contributed by atoms with van der Waals surface area (Å²) in [4.78, 5) is 0. The van der Waals surface area contributed by atoms with Gasteiger partial charge in [0, 0.05) is 5.56 Å². The molecule has 1 rings (SSSR count). The number of aliphatic hydroxyl groups excluding tert-OH is 1. The first-order valence-corrected chi connectivity index (χ1v) is 3.92. The molecule has 0 saturated heterocycles. The van der Waals surface area contributed by atoms with Crippen LogP contribution >= 0.6 is 0 Å². The molecular weight excluding hydrogens is 176 g/mol. The maximum absolute atomic E-state index is 13.1. The van der Waals surface area contributed by atoms with E-state index in [1.807, 2.05) is 0 Å². The molecule has 1 aromatic rings. The molecule has 0 fully saturated rings. The van der Waals surface area contributed by atoms with Gasteiger partial charge >= 0.3 is 0 Å². The molecule has 0 amide bonds. The second kappa shape index (κ2) is 4.30. The van der Waals surface area contributed by atoms with Gasteiger partial charge in [-0.2, -0.15) is 0 Å². The number of rotatable bonds is 3. The quantitative estimate of drug-likeness (QED) is 0.745. The van der Waals surface area contributed by atoms with E-state index >= 15 is 0 Å². The van der Waals surface area contributed by atoms with E-state index in [0.717, 1.165) is 18.2 Å². The Hall–Kier alpha value is -1.00. The number of benzene rings is 1. The van der Waals surface area contributed by atoms with Crippen LogP contribution in [0.2, 0.25) is 0 Å². The van der Waals surface area contributed by atoms with Crippen molar-refractivity contribution < 1.29 is 13.9 Å². The smallest absolute Gasteiger partial charge is 0.128 e. The van der Waals surface area contributed by atoms with Crippen LogP contribution in [-0.4, -0.2) is 18.8 Å².